The lowest BCUT2D eigenvalue weighted by atomic mass is 9.83. The van der Waals surface area contributed by atoms with E-state index < -0.39 is 0 Å². The predicted octanol–water partition coefficient (Wildman–Crippen LogP) is 4.81. The van der Waals surface area contributed by atoms with Crippen LogP contribution in [0.3, 0.4) is 0 Å². The maximum absolute atomic E-state index is 5.10. The van der Waals surface area contributed by atoms with E-state index in [0.717, 1.165) is 18.4 Å². The van der Waals surface area contributed by atoms with E-state index in [-0.39, 0.29) is 0 Å². The minimum Gasteiger partial charge on any atom is -0.309 e. The Morgan fingerprint density at radius 3 is 2.95 bits per heavy atom. The molecule has 0 spiro atoms. The Morgan fingerprint density at radius 1 is 1.25 bits per heavy atom. The van der Waals surface area contributed by atoms with E-state index in [1.165, 1.54) is 62.1 Å². The molecule has 1 fully saturated rings. The number of hydrogen-bond donors (Lipinski definition) is 1. The summed E-state index contributed by atoms with van der Waals surface area (Å²) in [6, 6.07) is 0.532. The smallest absolute Gasteiger partial charge is 0.0962 e. The summed E-state index contributed by atoms with van der Waals surface area (Å²) < 4.78 is 0. The fourth-order valence-corrected chi connectivity index (χ4v) is 5.10. The average Bonchev–Trinajstić information content (AvgIpc) is 2.89. The van der Waals surface area contributed by atoms with Gasteiger partial charge in [-0.05, 0) is 51.0 Å². The number of nitrogens with one attached hydrogen (secondary N) is 1. The SMILES string of the molecule is CCCNC1CCCc2sc(C3CCCC(C)C3)nc21. The third-order valence-corrected chi connectivity index (χ3v) is 6.19. The fraction of sp³-hybridized carbons (Fsp3) is 0.824. The molecule has 3 rings (SSSR count). The number of nitrogens with zero attached hydrogens (tertiary/aromatic N) is 1. The monoisotopic (exact) mass is 292 g/mol. The third-order valence-electron chi connectivity index (χ3n) is 4.90. The van der Waals surface area contributed by atoms with Crippen LogP contribution in [-0.2, 0) is 6.42 Å². The molecule has 0 aliphatic heterocycles. The number of rotatable bonds is 4. The summed E-state index contributed by atoms with van der Waals surface area (Å²) in [5.74, 6) is 1.64. The van der Waals surface area contributed by atoms with Gasteiger partial charge in [0.05, 0.1) is 16.7 Å². The molecule has 0 bridgehead atoms. The lowest BCUT2D eigenvalue weighted by molar-refractivity contribution is 0.342. The number of thiazole rings is 1. The number of aryl methyl sites for hydroxylation is 1. The van der Waals surface area contributed by atoms with Crippen LogP contribution in [0.1, 0.15) is 86.3 Å². The normalized spacial score (nSPS) is 30.2. The number of hydrogen-bond acceptors (Lipinski definition) is 3. The molecule has 0 amide bonds. The van der Waals surface area contributed by atoms with Gasteiger partial charge in [-0.1, -0.05) is 26.7 Å². The molecule has 1 aromatic rings. The van der Waals surface area contributed by atoms with Crippen molar-refractivity contribution in [3.05, 3.63) is 15.6 Å². The van der Waals surface area contributed by atoms with Crippen LogP contribution in [0.2, 0.25) is 0 Å². The van der Waals surface area contributed by atoms with E-state index in [1.807, 2.05) is 11.3 Å². The molecule has 1 aromatic heterocycles. The molecule has 1 heterocycles. The Morgan fingerprint density at radius 2 is 2.15 bits per heavy atom. The van der Waals surface area contributed by atoms with Crippen molar-refractivity contribution in [3.8, 4) is 0 Å². The Balaban J connectivity index is 1.76. The fourth-order valence-electron chi connectivity index (χ4n) is 3.79. The summed E-state index contributed by atoms with van der Waals surface area (Å²) in [5, 5.41) is 5.15. The van der Waals surface area contributed by atoms with Crippen LogP contribution >= 0.6 is 11.3 Å². The highest BCUT2D eigenvalue weighted by atomic mass is 32.1. The molecule has 1 N–H and O–H groups in total. The highest BCUT2D eigenvalue weighted by Crippen LogP contribution is 2.41. The summed E-state index contributed by atoms with van der Waals surface area (Å²) in [5.41, 5.74) is 1.41. The average molecular weight is 292 g/mol. The van der Waals surface area contributed by atoms with Crippen molar-refractivity contribution in [3.63, 3.8) is 0 Å². The number of fused-ring (bicyclic) bond motifs is 1. The van der Waals surface area contributed by atoms with Gasteiger partial charge in [0.15, 0.2) is 0 Å². The molecule has 3 heteroatoms. The zero-order valence-corrected chi connectivity index (χ0v) is 13.8. The summed E-state index contributed by atoms with van der Waals surface area (Å²) >= 11 is 2.03. The lowest BCUT2D eigenvalue weighted by Gasteiger charge is -2.25. The van der Waals surface area contributed by atoms with Gasteiger partial charge in [0.25, 0.3) is 0 Å². The highest BCUT2D eigenvalue weighted by Gasteiger charge is 2.28. The van der Waals surface area contributed by atoms with Crippen LogP contribution < -0.4 is 5.32 Å². The molecule has 112 valence electrons. The molecule has 2 nitrogen and oxygen atoms in total. The molecule has 1 saturated carbocycles. The Kier molecular flexibility index (Phi) is 4.77. The van der Waals surface area contributed by atoms with E-state index in [0.29, 0.717) is 6.04 Å². The minimum atomic E-state index is 0.532. The second kappa shape index (κ2) is 6.57. The predicted molar refractivity (Wildman–Crippen MR) is 86.5 cm³/mol. The first-order valence-corrected chi connectivity index (χ1v) is 9.32. The van der Waals surface area contributed by atoms with E-state index in [4.69, 9.17) is 4.98 Å². The third kappa shape index (κ3) is 3.09. The molecule has 3 atom stereocenters. The van der Waals surface area contributed by atoms with Crippen LogP contribution in [-0.4, -0.2) is 11.5 Å². The largest absolute Gasteiger partial charge is 0.309 e. The van der Waals surface area contributed by atoms with Gasteiger partial charge in [0.1, 0.15) is 0 Å². The topological polar surface area (TPSA) is 24.9 Å². The van der Waals surface area contributed by atoms with Gasteiger partial charge >= 0.3 is 0 Å². The van der Waals surface area contributed by atoms with E-state index in [1.54, 1.807) is 4.88 Å². The second-order valence-electron chi connectivity index (χ2n) is 6.73. The van der Waals surface area contributed by atoms with Gasteiger partial charge in [-0.3, -0.25) is 0 Å². The highest BCUT2D eigenvalue weighted by molar-refractivity contribution is 7.11. The minimum absolute atomic E-state index is 0.532. The second-order valence-corrected chi connectivity index (χ2v) is 7.84. The number of aromatic nitrogens is 1. The van der Waals surface area contributed by atoms with Crippen LogP contribution in [0.5, 0.6) is 0 Å². The van der Waals surface area contributed by atoms with E-state index in [9.17, 15) is 0 Å². The Labute approximate surface area is 127 Å². The Bertz CT molecular complexity index is 440. The molecule has 0 saturated heterocycles. The summed E-state index contributed by atoms with van der Waals surface area (Å²) in [6.45, 7) is 5.77. The van der Waals surface area contributed by atoms with Crippen molar-refractivity contribution in [2.75, 3.05) is 6.54 Å². The van der Waals surface area contributed by atoms with Crippen molar-refractivity contribution in [1.29, 1.82) is 0 Å². The molecular weight excluding hydrogens is 264 g/mol. The van der Waals surface area contributed by atoms with Crippen molar-refractivity contribution in [1.82, 2.24) is 10.3 Å². The quantitative estimate of drug-likeness (QED) is 0.861. The van der Waals surface area contributed by atoms with Crippen molar-refractivity contribution in [2.45, 2.75) is 77.2 Å². The molecule has 0 radical (unpaired) electrons. The zero-order chi connectivity index (χ0) is 13.9. The lowest BCUT2D eigenvalue weighted by Crippen LogP contribution is -2.25. The van der Waals surface area contributed by atoms with Gasteiger partial charge in [0.2, 0.25) is 0 Å². The van der Waals surface area contributed by atoms with Gasteiger partial charge in [0, 0.05) is 10.8 Å². The molecular formula is C17H28N2S. The molecule has 0 aromatic carbocycles. The molecule has 3 unspecified atom stereocenters. The van der Waals surface area contributed by atoms with Crippen molar-refractivity contribution in [2.24, 2.45) is 5.92 Å². The van der Waals surface area contributed by atoms with E-state index in [2.05, 4.69) is 19.2 Å². The van der Waals surface area contributed by atoms with Crippen LogP contribution in [0, 0.1) is 5.92 Å². The molecule has 2 aliphatic rings. The summed E-state index contributed by atoms with van der Waals surface area (Å²) in [7, 11) is 0. The maximum atomic E-state index is 5.10. The summed E-state index contributed by atoms with van der Waals surface area (Å²) in [6.07, 6.45) is 10.6. The van der Waals surface area contributed by atoms with E-state index >= 15 is 0 Å². The van der Waals surface area contributed by atoms with Crippen LogP contribution in [0.25, 0.3) is 0 Å². The first-order valence-electron chi connectivity index (χ1n) is 8.50. The maximum Gasteiger partial charge on any atom is 0.0962 e. The van der Waals surface area contributed by atoms with Crippen molar-refractivity contribution >= 4 is 11.3 Å². The van der Waals surface area contributed by atoms with Crippen LogP contribution in [0.4, 0.5) is 0 Å². The first kappa shape index (κ1) is 14.5. The summed E-state index contributed by atoms with van der Waals surface area (Å²) in [4.78, 5) is 6.68. The Hall–Kier alpha value is -0.410. The van der Waals surface area contributed by atoms with Gasteiger partial charge in [-0.15, -0.1) is 11.3 Å². The van der Waals surface area contributed by atoms with Gasteiger partial charge in [-0.25, -0.2) is 4.98 Å². The molecule has 2 aliphatic carbocycles. The van der Waals surface area contributed by atoms with Crippen LogP contribution in [0.15, 0.2) is 0 Å². The first-order chi connectivity index (χ1) is 9.78. The van der Waals surface area contributed by atoms with Crippen molar-refractivity contribution < 1.29 is 0 Å². The molecule has 20 heavy (non-hydrogen) atoms. The van der Waals surface area contributed by atoms with Gasteiger partial charge in [-0.2, -0.15) is 0 Å². The van der Waals surface area contributed by atoms with Gasteiger partial charge < -0.3 is 5.32 Å². The standard InChI is InChI=1S/C17H28N2S/c1-3-10-18-14-8-5-9-15-16(14)19-17(20-15)13-7-4-6-12(2)11-13/h12-14,18H,3-11H2,1-2H3. The zero-order valence-electron chi connectivity index (χ0n) is 13.0.